The van der Waals surface area contributed by atoms with Crippen molar-refractivity contribution in [3.8, 4) is 0 Å². The summed E-state index contributed by atoms with van der Waals surface area (Å²) >= 11 is 0. The van der Waals surface area contributed by atoms with Crippen molar-refractivity contribution in [2.45, 2.75) is 25.9 Å². The summed E-state index contributed by atoms with van der Waals surface area (Å²) < 4.78 is 5.59. The number of anilines is 2. The molecule has 0 aromatic carbocycles. The molecule has 6 heteroatoms. The van der Waals surface area contributed by atoms with Crippen LogP contribution in [0.15, 0.2) is 12.3 Å². The van der Waals surface area contributed by atoms with E-state index in [1.54, 1.807) is 0 Å². The molecule has 0 aliphatic carbocycles. The number of aromatic nitrogens is 1. The minimum atomic E-state index is -1.02. The molecule has 3 N–H and O–H groups in total. The van der Waals surface area contributed by atoms with Crippen molar-refractivity contribution in [1.82, 2.24) is 4.98 Å². The number of nitrogens with zero attached hydrogens (tertiary/aromatic N) is 2. The average Bonchev–Trinajstić information content (AvgIpc) is 2.40. The lowest BCUT2D eigenvalue weighted by Gasteiger charge is -2.33. The highest BCUT2D eigenvalue weighted by Gasteiger charge is 2.23. The van der Waals surface area contributed by atoms with Crippen molar-refractivity contribution in [1.29, 1.82) is 0 Å². The minimum absolute atomic E-state index is 0.108. The summed E-state index contributed by atoms with van der Waals surface area (Å²) in [6, 6.07) is 1.42. The maximum atomic E-state index is 11.0. The Hall–Kier alpha value is -1.82. The smallest absolute Gasteiger partial charge is 0.337 e. The Bertz CT molecular complexity index is 456. The molecule has 0 bridgehead atoms. The number of carboxylic acids is 1. The Morgan fingerprint density at radius 3 is 2.84 bits per heavy atom. The van der Waals surface area contributed by atoms with Crippen LogP contribution in [-0.2, 0) is 4.74 Å². The number of nitrogens with two attached hydrogens (primary N) is 1. The molecule has 0 unspecified atom stereocenters. The molecule has 1 fully saturated rings. The maximum Gasteiger partial charge on any atom is 0.337 e. The van der Waals surface area contributed by atoms with Crippen LogP contribution >= 0.6 is 0 Å². The van der Waals surface area contributed by atoms with Crippen LogP contribution in [0.2, 0.25) is 0 Å². The normalized spacial score (nSPS) is 16.6. The second-order valence-electron chi connectivity index (χ2n) is 4.54. The van der Waals surface area contributed by atoms with Crippen LogP contribution in [0, 0.1) is 0 Å². The lowest BCUT2D eigenvalue weighted by atomic mass is 10.1. The van der Waals surface area contributed by atoms with Crippen LogP contribution in [0.25, 0.3) is 0 Å². The number of pyridine rings is 1. The van der Waals surface area contributed by atoms with Crippen molar-refractivity contribution in [2.75, 3.05) is 30.3 Å². The first-order valence-electron chi connectivity index (χ1n) is 6.47. The molecule has 0 radical (unpaired) electrons. The zero-order chi connectivity index (χ0) is 13.8. The van der Waals surface area contributed by atoms with E-state index in [0.29, 0.717) is 5.82 Å². The van der Waals surface area contributed by atoms with Crippen LogP contribution in [0.3, 0.4) is 0 Å². The number of hydrogen-bond acceptors (Lipinski definition) is 5. The summed E-state index contributed by atoms with van der Waals surface area (Å²) in [5.74, 6) is -0.458. The number of piperidine rings is 1. The Labute approximate surface area is 112 Å². The van der Waals surface area contributed by atoms with Crippen LogP contribution in [0.4, 0.5) is 11.5 Å². The van der Waals surface area contributed by atoms with Gasteiger partial charge in [0.25, 0.3) is 0 Å². The molecule has 0 atom stereocenters. The van der Waals surface area contributed by atoms with E-state index < -0.39 is 5.97 Å². The van der Waals surface area contributed by atoms with Crippen molar-refractivity contribution in [3.05, 3.63) is 17.8 Å². The molecule has 2 heterocycles. The maximum absolute atomic E-state index is 11.0. The fourth-order valence-corrected chi connectivity index (χ4v) is 2.37. The monoisotopic (exact) mass is 265 g/mol. The van der Waals surface area contributed by atoms with Gasteiger partial charge >= 0.3 is 5.97 Å². The van der Waals surface area contributed by atoms with E-state index >= 15 is 0 Å². The second-order valence-corrected chi connectivity index (χ2v) is 4.54. The lowest BCUT2D eigenvalue weighted by Crippen LogP contribution is -2.38. The van der Waals surface area contributed by atoms with E-state index in [2.05, 4.69) is 4.98 Å². The molecule has 19 heavy (non-hydrogen) atoms. The molecule has 6 nitrogen and oxygen atoms in total. The van der Waals surface area contributed by atoms with Crippen LogP contribution in [-0.4, -0.2) is 41.9 Å². The number of carbonyl (C=O) groups is 1. The Balaban J connectivity index is 2.11. The molecule has 0 spiro atoms. The summed E-state index contributed by atoms with van der Waals surface area (Å²) in [5.41, 5.74) is 6.24. The fourth-order valence-electron chi connectivity index (χ4n) is 2.37. The SMILES string of the molecule is CCOC1CCN(c2nccc(C(=O)O)c2N)CC1. The third kappa shape index (κ3) is 2.96. The van der Waals surface area contributed by atoms with Crippen molar-refractivity contribution in [3.63, 3.8) is 0 Å². The van der Waals surface area contributed by atoms with Crippen molar-refractivity contribution >= 4 is 17.5 Å². The molecule has 2 rings (SSSR count). The third-order valence-electron chi connectivity index (χ3n) is 3.34. The Morgan fingerprint density at radius 2 is 2.26 bits per heavy atom. The first-order chi connectivity index (χ1) is 9.13. The number of nitrogen functional groups attached to an aromatic ring is 1. The van der Waals surface area contributed by atoms with Gasteiger partial charge in [-0.05, 0) is 25.8 Å². The Morgan fingerprint density at radius 1 is 1.58 bits per heavy atom. The highest BCUT2D eigenvalue weighted by atomic mass is 16.5. The van der Waals surface area contributed by atoms with Gasteiger partial charge in [-0.1, -0.05) is 0 Å². The number of carboxylic acid groups (broad SMARTS) is 1. The van der Waals surface area contributed by atoms with Crippen LogP contribution in [0.1, 0.15) is 30.1 Å². The standard InChI is InChI=1S/C13H19N3O3/c1-2-19-9-4-7-16(8-5-9)12-11(14)10(13(17)18)3-6-15-12/h3,6,9H,2,4-5,7-8,14H2,1H3,(H,17,18). The van der Waals surface area contributed by atoms with Gasteiger partial charge in [-0.15, -0.1) is 0 Å². The predicted molar refractivity (Wildman–Crippen MR) is 72.5 cm³/mol. The zero-order valence-electron chi connectivity index (χ0n) is 11.0. The molecule has 104 valence electrons. The summed E-state index contributed by atoms with van der Waals surface area (Å²) in [6.07, 6.45) is 3.59. The number of aromatic carboxylic acids is 1. The van der Waals surface area contributed by atoms with Crippen molar-refractivity contribution in [2.24, 2.45) is 0 Å². The first kappa shape index (κ1) is 13.6. The molecule has 1 aromatic rings. The number of hydrogen-bond donors (Lipinski definition) is 2. The van der Waals surface area contributed by atoms with E-state index in [1.807, 2.05) is 11.8 Å². The topological polar surface area (TPSA) is 88.7 Å². The van der Waals surface area contributed by atoms with Crippen molar-refractivity contribution < 1.29 is 14.6 Å². The molecular weight excluding hydrogens is 246 g/mol. The third-order valence-corrected chi connectivity index (χ3v) is 3.34. The zero-order valence-corrected chi connectivity index (χ0v) is 11.0. The van der Waals surface area contributed by atoms with Gasteiger partial charge in [0, 0.05) is 25.9 Å². The van der Waals surface area contributed by atoms with Gasteiger partial charge in [0.2, 0.25) is 0 Å². The summed E-state index contributed by atoms with van der Waals surface area (Å²) in [6.45, 7) is 4.28. The van der Waals surface area contributed by atoms with Gasteiger partial charge in [-0.3, -0.25) is 0 Å². The van der Waals surface area contributed by atoms with Crippen LogP contribution < -0.4 is 10.6 Å². The molecule has 1 aliphatic rings. The first-order valence-corrected chi connectivity index (χ1v) is 6.47. The summed E-state index contributed by atoms with van der Waals surface area (Å²) in [7, 11) is 0. The summed E-state index contributed by atoms with van der Waals surface area (Å²) in [5, 5.41) is 9.05. The lowest BCUT2D eigenvalue weighted by molar-refractivity contribution is 0.0458. The van der Waals surface area contributed by atoms with E-state index in [1.165, 1.54) is 12.3 Å². The van der Waals surface area contributed by atoms with E-state index in [-0.39, 0.29) is 17.4 Å². The Kier molecular flexibility index (Phi) is 4.21. The average molecular weight is 265 g/mol. The quantitative estimate of drug-likeness (QED) is 0.854. The summed E-state index contributed by atoms with van der Waals surface area (Å²) in [4.78, 5) is 17.3. The molecule has 1 aromatic heterocycles. The van der Waals surface area contributed by atoms with E-state index in [4.69, 9.17) is 15.6 Å². The molecule has 0 saturated carbocycles. The van der Waals surface area contributed by atoms with E-state index in [9.17, 15) is 4.79 Å². The molecule has 1 saturated heterocycles. The van der Waals surface area contributed by atoms with Gasteiger partial charge in [0.15, 0.2) is 5.82 Å². The van der Waals surface area contributed by atoms with Crippen LogP contribution in [0.5, 0.6) is 0 Å². The van der Waals surface area contributed by atoms with Gasteiger partial charge < -0.3 is 20.5 Å². The van der Waals surface area contributed by atoms with Gasteiger partial charge in [0.1, 0.15) is 0 Å². The van der Waals surface area contributed by atoms with Gasteiger partial charge in [-0.2, -0.15) is 0 Å². The largest absolute Gasteiger partial charge is 0.478 e. The number of ether oxygens (including phenoxy) is 1. The predicted octanol–water partition coefficient (Wildman–Crippen LogP) is 1.37. The number of rotatable bonds is 4. The minimum Gasteiger partial charge on any atom is -0.478 e. The highest BCUT2D eigenvalue weighted by molar-refractivity contribution is 5.96. The van der Waals surface area contributed by atoms with Gasteiger partial charge in [-0.25, -0.2) is 9.78 Å². The van der Waals surface area contributed by atoms with E-state index in [0.717, 1.165) is 32.5 Å². The second kappa shape index (κ2) is 5.88. The van der Waals surface area contributed by atoms with Gasteiger partial charge in [0.05, 0.1) is 17.4 Å². The highest BCUT2D eigenvalue weighted by Crippen LogP contribution is 2.27. The molecule has 0 amide bonds. The fraction of sp³-hybridized carbons (Fsp3) is 0.538. The molecule has 1 aliphatic heterocycles. The molecular formula is C13H19N3O3.